The van der Waals surface area contributed by atoms with Crippen LogP contribution in [0.4, 0.5) is 0 Å². The number of pyridine rings is 1. The Hall–Kier alpha value is -1.21. The highest BCUT2D eigenvalue weighted by Gasteiger charge is 2.38. The number of halogens is 1. The number of piperazine rings is 1. The molecule has 1 aromatic rings. The first-order valence-corrected chi connectivity index (χ1v) is 10.9. The Labute approximate surface area is 174 Å². The third-order valence-electron chi connectivity index (χ3n) is 6.38. The number of likely N-dealkylation sites (N-methyl/N-ethyl adjacent to an activating group) is 1. The van der Waals surface area contributed by atoms with Crippen LogP contribution in [0.5, 0.6) is 0 Å². The molecule has 0 saturated carbocycles. The summed E-state index contributed by atoms with van der Waals surface area (Å²) in [5, 5.41) is 3.92. The van der Waals surface area contributed by atoms with Crippen molar-refractivity contribution < 1.29 is 4.79 Å². The van der Waals surface area contributed by atoms with Gasteiger partial charge in [0.1, 0.15) is 0 Å². The molecule has 3 heterocycles. The number of rotatable bonds is 6. The van der Waals surface area contributed by atoms with E-state index in [9.17, 15) is 4.79 Å². The first kappa shape index (κ1) is 21.5. The number of likely N-dealkylation sites (tertiary alicyclic amines) is 1. The molecule has 0 spiro atoms. The highest BCUT2D eigenvalue weighted by Crippen LogP contribution is 2.25. The fraction of sp³-hybridized carbons (Fsp3) is 0.714. The van der Waals surface area contributed by atoms with Crippen LogP contribution in [-0.2, 0) is 0 Å². The van der Waals surface area contributed by atoms with Gasteiger partial charge in [0.25, 0.3) is 5.91 Å². The second-order valence-corrected chi connectivity index (χ2v) is 8.60. The summed E-state index contributed by atoms with van der Waals surface area (Å²) in [6.45, 7) is 15.8. The summed E-state index contributed by atoms with van der Waals surface area (Å²) in [5.41, 5.74) is 1.12. The molecular formula is C21H34ClN5O. The largest absolute Gasteiger partial charge is 0.345 e. The zero-order valence-corrected chi connectivity index (χ0v) is 18.3. The molecule has 3 rings (SSSR count). The van der Waals surface area contributed by atoms with Crippen LogP contribution in [0.3, 0.4) is 0 Å². The molecule has 0 aliphatic carbocycles. The maximum Gasteiger partial charge on any atom is 0.253 e. The van der Waals surface area contributed by atoms with Gasteiger partial charge in [-0.2, -0.15) is 0 Å². The first-order chi connectivity index (χ1) is 13.4. The number of hydrogen-bond acceptors (Lipinski definition) is 5. The maximum absolute atomic E-state index is 13.1. The Kier molecular flexibility index (Phi) is 7.31. The van der Waals surface area contributed by atoms with E-state index in [0.29, 0.717) is 10.6 Å². The fourth-order valence-corrected chi connectivity index (χ4v) is 4.52. The average molecular weight is 408 g/mol. The number of nitrogens with zero attached hydrogens (tertiary/aromatic N) is 4. The second-order valence-electron chi connectivity index (χ2n) is 8.17. The van der Waals surface area contributed by atoms with Gasteiger partial charge in [-0.05, 0) is 38.9 Å². The molecule has 2 fully saturated rings. The minimum Gasteiger partial charge on any atom is -0.345 e. The topological polar surface area (TPSA) is 51.7 Å². The Balaban J connectivity index is 1.73. The summed E-state index contributed by atoms with van der Waals surface area (Å²) in [4.78, 5) is 24.9. The molecular weight excluding hydrogens is 374 g/mol. The highest BCUT2D eigenvalue weighted by atomic mass is 35.5. The quantitative estimate of drug-likeness (QED) is 0.783. The molecule has 1 amide bonds. The van der Waals surface area contributed by atoms with Crippen LogP contribution < -0.4 is 5.32 Å². The standard InChI is InChI=1S/C21H34ClN5O/c1-4-25-8-6-21(7-9-25,16-27-12-10-26(5-2)11-13-27)24-20(28)19-14-18(22)15-23-17(19)3/h14-15H,4-13,16H2,1-3H3,(H,24,28). The number of aromatic nitrogens is 1. The van der Waals surface area contributed by atoms with Crippen LogP contribution in [0.15, 0.2) is 12.3 Å². The zero-order chi connectivity index (χ0) is 20.1. The Morgan fingerprint density at radius 2 is 1.64 bits per heavy atom. The third kappa shape index (κ3) is 5.23. The van der Waals surface area contributed by atoms with E-state index in [0.717, 1.165) is 77.4 Å². The first-order valence-electron chi connectivity index (χ1n) is 10.6. The predicted molar refractivity (Wildman–Crippen MR) is 114 cm³/mol. The normalized spacial score (nSPS) is 21.6. The lowest BCUT2D eigenvalue weighted by molar-refractivity contribution is 0.0572. The van der Waals surface area contributed by atoms with E-state index in [4.69, 9.17) is 11.6 Å². The van der Waals surface area contributed by atoms with Crippen molar-refractivity contribution in [2.45, 2.75) is 39.2 Å². The minimum absolute atomic E-state index is 0.0513. The summed E-state index contributed by atoms with van der Waals surface area (Å²) in [5.74, 6) is -0.0513. The number of amides is 1. The van der Waals surface area contributed by atoms with E-state index in [1.165, 1.54) is 0 Å². The van der Waals surface area contributed by atoms with Crippen LogP contribution in [0.2, 0.25) is 5.02 Å². The molecule has 0 bridgehead atoms. The molecule has 2 saturated heterocycles. The summed E-state index contributed by atoms with van der Waals surface area (Å²) < 4.78 is 0. The lowest BCUT2D eigenvalue weighted by atomic mass is 9.86. The average Bonchev–Trinajstić information content (AvgIpc) is 2.71. The van der Waals surface area contributed by atoms with Crippen molar-refractivity contribution in [3.63, 3.8) is 0 Å². The van der Waals surface area contributed by atoms with Gasteiger partial charge in [0, 0.05) is 52.0 Å². The van der Waals surface area contributed by atoms with Crippen LogP contribution in [-0.4, -0.2) is 90.0 Å². The number of nitrogens with one attached hydrogen (secondary N) is 1. The summed E-state index contributed by atoms with van der Waals surface area (Å²) in [7, 11) is 0. The van der Waals surface area contributed by atoms with Crippen LogP contribution >= 0.6 is 11.6 Å². The van der Waals surface area contributed by atoms with Crippen molar-refractivity contribution in [3.8, 4) is 0 Å². The van der Waals surface area contributed by atoms with Gasteiger partial charge >= 0.3 is 0 Å². The van der Waals surface area contributed by atoms with Crippen molar-refractivity contribution in [1.29, 1.82) is 0 Å². The van der Waals surface area contributed by atoms with Crippen LogP contribution in [0.25, 0.3) is 0 Å². The van der Waals surface area contributed by atoms with E-state index in [1.807, 2.05) is 6.92 Å². The zero-order valence-electron chi connectivity index (χ0n) is 17.5. The SMILES string of the molecule is CCN1CCN(CC2(NC(=O)c3cc(Cl)cnc3C)CCN(CC)CC2)CC1. The Morgan fingerprint density at radius 3 is 2.25 bits per heavy atom. The van der Waals surface area contributed by atoms with Gasteiger partial charge < -0.3 is 15.1 Å². The van der Waals surface area contributed by atoms with Gasteiger partial charge in [0.15, 0.2) is 0 Å². The molecule has 2 aliphatic heterocycles. The van der Waals surface area contributed by atoms with E-state index >= 15 is 0 Å². The van der Waals surface area contributed by atoms with Crippen molar-refractivity contribution in [3.05, 3.63) is 28.5 Å². The molecule has 7 heteroatoms. The van der Waals surface area contributed by atoms with Gasteiger partial charge in [-0.1, -0.05) is 25.4 Å². The molecule has 0 radical (unpaired) electrons. The minimum atomic E-state index is -0.189. The monoisotopic (exact) mass is 407 g/mol. The summed E-state index contributed by atoms with van der Waals surface area (Å²) in [6, 6.07) is 1.73. The van der Waals surface area contributed by atoms with Crippen LogP contribution in [0.1, 0.15) is 42.7 Å². The molecule has 1 aromatic heterocycles. The fourth-order valence-electron chi connectivity index (χ4n) is 4.36. The van der Waals surface area contributed by atoms with E-state index in [-0.39, 0.29) is 11.4 Å². The van der Waals surface area contributed by atoms with E-state index < -0.39 is 0 Å². The van der Waals surface area contributed by atoms with Gasteiger partial charge in [-0.3, -0.25) is 14.7 Å². The van der Waals surface area contributed by atoms with Crippen LogP contribution in [0, 0.1) is 6.92 Å². The summed E-state index contributed by atoms with van der Waals surface area (Å²) in [6.07, 6.45) is 3.55. The predicted octanol–water partition coefficient (Wildman–Crippen LogP) is 2.27. The number of hydrogen-bond donors (Lipinski definition) is 1. The summed E-state index contributed by atoms with van der Waals surface area (Å²) >= 11 is 6.10. The highest BCUT2D eigenvalue weighted by molar-refractivity contribution is 6.30. The molecule has 156 valence electrons. The maximum atomic E-state index is 13.1. The number of piperidine rings is 1. The molecule has 2 aliphatic rings. The molecule has 0 unspecified atom stereocenters. The van der Waals surface area contributed by atoms with Gasteiger partial charge in [-0.15, -0.1) is 0 Å². The van der Waals surface area contributed by atoms with E-state index in [2.05, 4.69) is 38.8 Å². The van der Waals surface area contributed by atoms with Gasteiger partial charge in [0.05, 0.1) is 21.8 Å². The molecule has 28 heavy (non-hydrogen) atoms. The molecule has 1 N–H and O–H groups in total. The van der Waals surface area contributed by atoms with Crippen molar-refractivity contribution in [2.24, 2.45) is 0 Å². The van der Waals surface area contributed by atoms with E-state index in [1.54, 1.807) is 12.3 Å². The smallest absolute Gasteiger partial charge is 0.253 e. The third-order valence-corrected chi connectivity index (χ3v) is 6.58. The van der Waals surface area contributed by atoms with Crippen molar-refractivity contribution in [1.82, 2.24) is 25.0 Å². The van der Waals surface area contributed by atoms with Crippen molar-refractivity contribution in [2.75, 3.05) is 58.9 Å². The molecule has 0 atom stereocenters. The van der Waals surface area contributed by atoms with Gasteiger partial charge in [-0.25, -0.2) is 0 Å². The molecule has 0 aromatic carbocycles. The number of carbonyl (C=O) groups excluding carboxylic acids is 1. The Bertz CT molecular complexity index is 667. The van der Waals surface area contributed by atoms with Crippen molar-refractivity contribution >= 4 is 17.5 Å². The van der Waals surface area contributed by atoms with Gasteiger partial charge in [0.2, 0.25) is 0 Å². The Morgan fingerprint density at radius 1 is 1.07 bits per heavy atom. The number of aryl methyl sites for hydroxylation is 1. The number of carbonyl (C=O) groups is 1. The lowest BCUT2D eigenvalue weighted by Crippen LogP contribution is -2.62. The lowest BCUT2D eigenvalue weighted by Gasteiger charge is -2.46. The molecule has 6 nitrogen and oxygen atoms in total. The second kappa shape index (κ2) is 9.53.